The van der Waals surface area contributed by atoms with Crippen LogP contribution in [0.5, 0.6) is 0 Å². The molecule has 2 heterocycles. The van der Waals surface area contributed by atoms with Crippen molar-refractivity contribution in [3.05, 3.63) is 77.0 Å². The van der Waals surface area contributed by atoms with Gasteiger partial charge in [-0.2, -0.15) is 0 Å². The van der Waals surface area contributed by atoms with Gasteiger partial charge in [0.2, 0.25) is 0 Å². The molecule has 0 radical (unpaired) electrons. The predicted molar refractivity (Wildman–Crippen MR) is 107 cm³/mol. The Labute approximate surface area is 154 Å². The second-order valence-electron chi connectivity index (χ2n) is 8.26. The molecule has 0 saturated heterocycles. The number of hydrogen-bond acceptors (Lipinski definition) is 3. The topological polar surface area (TPSA) is 45.5 Å². The Hall–Kier alpha value is -2.52. The molecule has 0 unspecified atom stereocenters. The van der Waals surface area contributed by atoms with Crippen molar-refractivity contribution in [2.24, 2.45) is 4.99 Å². The first kappa shape index (κ1) is 16.9. The SMILES string of the molecule is CC1(C)Cc2c(cccc2C(C)(C)O)C(c2cnc3ccccc3c2)=N1. The third kappa shape index (κ3) is 2.93. The smallest absolute Gasteiger partial charge is 0.0843 e. The van der Waals surface area contributed by atoms with E-state index in [1.807, 2.05) is 50.4 Å². The second-order valence-corrected chi connectivity index (χ2v) is 8.26. The lowest BCUT2D eigenvalue weighted by Crippen LogP contribution is -2.32. The molecular weight excluding hydrogens is 320 g/mol. The van der Waals surface area contributed by atoms with Crippen LogP contribution < -0.4 is 0 Å². The Morgan fingerprint density at radius 1 is 1.04 bits per heavy atom. The molecule has 0 spiro atoms. The summed E-state index contributed by atoms with van der Waals surface area (Å²) in [6, 6.07) is 16.4. The molecule has 4 rings (SSSR count). The summed E-state index contributed by atoms with van der Waals surface area (Å²) in [5, 5.41) is 11.8. The Bertz CT molecular complexity index is 1030. The van der Waals surface area contributed by atoms with Crippen LogP contribution in [0.25, 0.3) is 10.9 Å². The standard InChI is InChI=1S/C23H24N2O/c1-22(2)13-18-17(9-7-10-19(18)23(3,4)26)21(25-22)16-12-15-8-5-6-11-20(15)24-14-16/h5-12,14,26H,13H2,1-4H3. The van der Waals surface area contributed by atoms with Crippen LogP contribution in [-0.2, 0) is 12.0 Å². The number of hydrogen-bond donors (Lipinski definition) is 1. The maximum atomic E-state index is 10.7. The maximum Gasteiger partial charge on any atom is 0.0843 e. The highest BCUT2D eigenvalue weighted by molar-refractivity contribution is 6.15. The van der Waals surface area contributed by atoms with Crippen molar-refractivity contribution in [3.63, 3.8) is 0 Å². The van der Waals surface area contributed by atoms with Crippen molar-refractivity contribution in [1.29, 1.82) is 0 Å². The largest absolute Gasteiger partial charge is 0.386 e. The summed E-state index contributed by atoms with van der Waals surface area (Å²) in [4.78, 5) is 9.67. The normalized spacial score (nSPS) is 16.3. The Balaban J connectivity index is 1.95. The van der Waals surface area contributed by atoms with Crippen molar-refractivity contribution in [2.45, 2.75) is 45.3 Å². The van der Waals surface area contributed by atoms with E-state index in [9.17, 15) is 5.11 Å². The number of rotatable bonds is 2. The maximum absolute atomic E-state index is 10.7. The van der Waals surface area contributed by atoms with E-state index in [1.165, 1.54) is 5.56 Å². The van der Waals surface area contributed by atoms with Gasteiger partial charge in [0, 0.05) is 22.7 Å². The van der Waals surface area contributed by atoms with Crippen molar-refractivity contribution >= 4 is 16.6 Å². The van der Waals surface area contributed by atoms with Gasteiger partial charge in [0.25, 0.3) is 0 Å². The predicted octanol–water partition coefficient (Wildman–Crippen LogP) is 4.63. The van der Waals surface area contributed by atoms with Crippen LogP contribution in [-0.4, -0.2) is 21.3 Å². The van der Waals surface area contributed by atoms with Gasteiger partial charge in [-0.05, 0) is 57.4 Å². The Morgan fingerprint density at radius 2 is 1.81 bits per heavy atom. The number of benzene rings is 2. The van der Waals surface area contributed by atoms with E-state index in [4.69, 9.17) is 4.99 Å². The summed E-state index contributed by atoms with van der Waals surface area (Å²) in [5.74, 6) is 0. The zero-order chi connectivity index (χ0) is 18.5. The van der Waals surface area contributed by atoms with Gasteiger partial charge >= 0.3 is 0 Å². The first-order valence-corrected chi connectivity index (χ1v) is 9.05. The summed E-state index contributed by atoms with van der Waals surface area (Å²) in [5.41, 5.74) is 5.11. The molecule has 0 amide bonds. The molecule has 132 valence electrons. The molecule has 0 bridgehead atoms. The van der Waals surface area contributed by atoms with Crippen LogP contribution in [0.4, 0.5) is 0 Å². The van der Waals surface area contributed by atoms with Gasteiger partial charge in [-0.1, -0.05) is 36.4 Å². The highest BCUT2D eigenvalue weighted by Crippen LogP contribution is 2.35. The fourth-order valence-corrected chi connectivity index (χ4v) is 3.83. The molecule has 1 N–H and O–H groups in total. The zero-order valence-electron chi connectivity index (χ0n) is 15.7. The van der Waals surface area contributed by atoms with Crippen LogP contribution in [0.2, 0.25) is 0 Å². The molecule has 26 heavy (non-hydrogen) atoms. The minimum Gasteiger partial charge on any atom is -0.386 e. The van der Waals surface area contributed by atoms with Crippen molar-refractivity contribution < 1.29 is 5.11 Å². The quantitative estimate of drug-likeness (QED) is 0.736. The van der Waals surface area contributed by atoms with Crippen LogP contribution in [0.3, 0.4) is 0 Å². The van der Waals surface area contributed by atoms with E-state index in [0.29, 0.717) is 0 Å². The molecule has 2 aromatic carbocycles. The molecule has 3 heteroatoms. The van der Waals surface area contributed by atoms with Crippen molar-refractivity contribution in [1.82, 2.24) is 4.98 Å². The van der Waals surface area contributed by atoms with E-state index >= 15 is 0 Å². The van der Waals surface area contributed by atoms with Crippen LogP contribution in [0.1, 0.15) is 49.9 Å². The summed E-state index contributed by atoms with van der Waals surface area (Å²) in [6.45, 7) is 7.98. The molecule has 3 nitrogen and oxygen atoms in total. The average molecular weight is 344 g/mol. The monoisotopic (exact) mass is 344 g/mol. The second kappa shape index (κ2) is 5.75. The van der Waals surface area contributed by atoms with Gasteiger partial charge in [0.15, 0.2) is 0 Å². The number of aliphatic imine (C=N–C) groups is 1. The first-order chi connectivity index (χ1) is 12.2. The molecule has 0 aliphatic carbocycles. The third-order valence-corrected chi connectivity index (χ3v) is 4.98. The first-order valence-electron chi connectivity index (χ1n) is 9.05. The van der Waals surface area contributed by atoms with Crippen LogP contribution in [0.15, 0.2) is 59.7 Å². The minimum absolute atomic E-state index is 0.227. The molecule has 1 aliphatic rings. The van der Waals surface area contributed by atoms with Gasteiger partial charge in [0.1, 0.15) is 0 Å². The highest BCUT2D eigenvalue weighted by atomic mass is 16.3. The summed E-state index contributed by atoms with van der Waals surface area (Å²) >= 11 is 0. The van der Waals surface area contributed by atoms with E-state index in [0.717, 1.165) is 39.7 Å². The van der Waals surface area contributed by atoms with Gasteiger partial charge in [-0.15, -0.1) is 0 Å². The fraction of sp³-hybridized carbons (Fsp3) is 0.304. The number of aliphatic hydroxyl groups is 1. The van der Waals surface area contributed by atoms with Crippen LogP contribution in [0, 0.1) is 0 Å². The molecular formula is C23H24N2O. The third-order valence-electron chi connectivity index (χ3n) is 4.98. The van der Waals surface area contributed by atoms with E-state index in [2.05, 4.69) is 37.0 Å². The van der Waals surface area contributed by atoms with Crippen LogP contribution >= 0.6 is 0 Å². The zero-order valence-corrected chi connectivity index (χ0v) is 15.7. The van der Waals surface area contributed by atoms with Gasteiger partial charge in [0.05, 0.1) is 22.4 Å². The van der Waals surface area contributed by atoms with Gasteiger partial charge in [-0.3, -0.25) is 9.98 Å². The minimum atomic E-state index is -0.883. The van der Waals surface area contributed by atoms with Gasteiger partial charge < -0.3 is 5.11 Å². The molecule has 1 aliphatic heterocycles. The van der Waals surface area contributed by atoms with E-state index in [1.54, 1.807) is 0 Å². The Morgan fingerprint density at radius 3 is 2.58 bits per heavy atom. The fourth-order valence-electron chi connectivity index (χ4n) is 3.83. The number of para-hydroxylation sites is 1. The van der Waals surface area contributed by atoms with Crippen molar-refractivity contribution in [2.75, 3.05) is 0 Å². The molecule has 0 saturated carbocycles. The van der Waals surface area contributed by atoms with Crippen molar-refractivity contribution in [3.8, 4) is 0 Å². The Kier molecular flexibility index (Phi) is 3.74. The lowest BCUT2D eigenvalue weighted by molar-refractivity contribution is 0.0773. The number of pyridine rings is 1. The molecule has 3 aromatic rings. The summed E-state index contributed by atoms with van der Waals surface area (Å²) in [7, 11) is 0. The summed E-state index contributed by atoms with van der Waals surface area (Å²) in [6.07, 6.45) is 2.72. The highest BCUT2D eigenvalue weighted by Gasteiger charge is 2.32. The number of aromatic nitrogens is 1. The van der Waals surface area contributed by atoms with E-state index < -0.39 is 5.60 Å². The molecule has 0 fully saturated rings. The van der Waals surface area contributed by atoms with E-state index in [-0.39, 0.29) is 5.54 Å². The van der Waals surface area contributed by atoms with Gasteiger partial charge in [-0.25, -0.2) is 0 Å². The lowest BCUT2D eigenvalue weighted by Gasteiger charge is -2.33. The molecule has 1 aromatic heterocycles. The number of nitrogens with zero attached hydrogens (tertiary/aromatic N) is 2. The summed E-state index contributed by atoms with van der Waals surface area (Å²) < 4.78 is 0. The lowest BCUT2D eigenvalue weighted by atomic mass is 9.79. The molecule has 0 atom stereocenters. The number of fused-ring (bicyclic) bond motifs is 2. The average Bonchev–Trinajstić information content (AvgIpc) is 2.58.